The monoisotopic (exact) mass is 324 g/mol. The Kier molecular flexibility index (Phi) is 7.15. The summed E-state index contributed by atoms with van der Waals surface area (Å²) >= 11 is 0. The third kappa shape index (κ3) is 5.35. The fourth-order valence-electron chi connectivity index (χ4n) is 3.63. The zero-order valence-corrected chi connectivity index (χ0v) is 15.4. The van der Waals surface area contributed by atoms with Gasteiger partial charge >= 0.3 is 0 Å². The number of likely N-dealkylation sites (tertiary alicyclic amines) is 2. The van der Waals surface area contributed by atoms with Crippen LogP contribution in [0, 0.1) is 5.92 Å². The van der Waals surface area contributed by atoms with Crippen molar-refractivity contribution in [3.8, 4) is 0 Å². The molecule has 0 aromatic carbocycles. The highest BCUT2D eigenvalue weighted by atomic mass is 16.3. The quantitative estimate of drug-likeness (QED) is 0.555. The molecule has 0 radical (unpaired) electrons. The molecule has 2 aliphatic rings. The van der Waals surface area contributed by atoms with Crippen molar-refractivity contribution in [3.05, 3.63) is 0 Å². The fourth-order valence-corrected chi connectivity index (χ4v) is 3.63. The van der Waals surface area contributed by atoms with Crippen molar-refractivity contribution in [3.63, 3.8) is 0 Å². The molecule has 2 saturated heterocycles. The van der Waals surface area contributed by atoms with Crippen LogP contribution in [-0.2, 0) is 0 Å². The highest BCUT2D eigenvalue weighted by Crippen LogP contribution is 2.21. The highest BCUT2D eigenvalue weighted by molar-refractivity contribution is 5.80. The zero-order chi connectivity index (χ0) is 16.7. The van der Waals surface area contributed by atoms with Crippen molar-refractivity contribution in [2.45, 2.75) is 58.5 Å². The molecule has 0 aromatic rings. The van der Waals surface area contributed by atoms with Crippen LogP contribution in [0.3, 0.4) is 0 Å². The van der Waals surface area contributed by atoms with Crippen LogP contribution in [0.5, 0.6) is 0 Å². The van der Waals surface area contributed by atoms with Crippen LogP contribution in [0.25, 0.3) is 0 Å². The van der Waals surface area contributed by atoms with Gasteiger partial charge in [0, 0.05) is 26.2 Å². The molecule has 2 fully saturated rings. The highest BCUT2D eigenvalue weighted by Gasteiger charge is 2.28. The Hall–Kier alpha value is -0.810. The van der Waals surface area contributed by atoms with E-state index in [-0.39, 0.29) is 0 Å². The van der Waals surface area contributed by atoms with E-state index in [1.165, 1.54) is 38.9 Å². The van der Waals surface area contributed by atoms with Gasteiger partial charge in [-0.1, -0.05) is 13.8 Å². The maximum absolute atomic E-state index is 10.5. The minimum Gasteiger partial charge on any atom is -0.388 e. The molecule has 1 unspecified atom stereocenters. The van der Waals surface area contributed by atoms with Crippen LogP contribution in [-0.4, -0.2) is 72.3 Å². The minimum atomic E-state index is -0.657. The first-order valence-electron chi connectivity index (χ1n) is 9.58. The van der Waals surface area contributed by atoms with Crippen molar-refractivity contribution in [1.29, 1.82) is 0 Å². The molecule has 5 nitrogen and oxygen atoms in total. The van der Waals surface area contributed by atoms with Gasteiger partial charge in [0.15, 0.2) is 5.96 Å². The van der Waals surface area contributed by atoms with Crippen LogP contribution >= 0.6 is 0 Å². The largest absolute Gasteiger partial charge is 0.388 e. The minimum absolute atomic E-state index is 0.496. The predicted molar refractivity (Wildman–Crippen MR) is 96.9 cm³/mol. The molecule has 0 aliphatic carbocycles. The van der Waals surface area contributed by atoms with E-state index in [2.05, 4.69) is 22.0 Å². The Labute approximate surface area is 142 Å². The first kappa shape index (κ1) is 18.5. The average Bonchev–Trinajstić information content (AvgIpc) is 3.23. The Morgan fingerprint density at radius 3 is 2.48 bits per heavy atom. The lowest BCUT2D eigenvalue weighted by molar-refractivity contribution is 0.0416. The van der Waals surface area contributed by atoms with Crippen LogP contribution in [0.2, 0.25) is 0 Å². The summed E-state index contributed by atoms with van der Waals surface area (Å²) < 4.78 is 0. The van der Waals surface area contributed by atoms with Crippen molar-refractivity contribution >= 4 is 5.96 Å². The van der Waals surface area contributed by atoms with Gasteiger partial charge in [0.1, 0.15) is 0 Å². The lowest BCUT2D eigenvalue weighted by Gasteiger charge is -2.26. The van der Waals surface area contributed by atoms with Crippen LogP contribution < -0.4 is 5.32 Å². The molecule has 0 saturated carbocycles. The lowest BCUT2D eigenvalue weighted by atomic mass is 9.98. The number of hydrogen-bond donors (Lipinski definition) is 2. The first-order chi connectivity index (χ1) is 11.1. The first-order valence-corrected chi connectivity index (χ1v) is 9.58. The Bertz CT molecular complexity index is 375. The van der Waals surface area contributed by atoms with Gasteiger partial charge in [-0.25, -0.2) is 0 Å². The van der Waals surface area contributed by atoms with E-state index < -0.39 is 5.60 Å². The normalized spacial score (nSPS) is 23.7. The summed E-state index contributed by atoms with van der Waals surface area (Å²) in [6, 6.07) is 0. The van der Waals surface area contributed by atoms with E-state index in [0.29, 0.717) is 6.54 Å². The van der Waals surface area contributed by atoms with Crippen molar-refractivity contribution in [2.24, 2.45) is 10.9 Å². The van der Waals surface area contributed by atoms with Crippen molar-refractivity contribution < 1.29 is 5.11 Å². The van der Waals surface area contributed by atoms with Crippen LogP contribution in [0.15, 0.2) is 4.99 Å². The van der Waals surface area contributed by atoms with Gasteiger partial charge in [-0.05, 0) is 58.0 Å². The van der Waals surface area contributed by atoms with E-state index in [9.17, 15) is 5.11 Å². The molecule has 0 bridgehead atoms. The molecule has 0 spiro atoms. The smallest absolute Gasteiger partial charge is 0.194 e. The van der Waals surface area contributed by atoms with E-state index in [0.717, 1.165) is 44.4 Å². The maximum Gasteiger partial charge on any atom is 0.194 e. The number of guanidine groups is 1. The van der Waals surface area contributed by atoms with Gasteiger partial charge in [0.05, 0.1) is 12.1 Å². The number of aliphatic imine (C=N–C) groups is 1. The van der Waals surface area contributed by atoms with Gasteiger partial charge in [-0.3, -0.25) is 4.99 Å². The van der Waals surface area contributed by atoms with E-state index in [1.807, 2.05) is 13.8 Å². The molecule has 2 aliphatic heterocycles. The van der Waals surface area contributed by atoms with E-state index in [4.69, 9.17) is 4.99 Å². The second kappa shape index (κ2) is 8.88. The molecule has 0 aromatic heterocycles. The van der Waals surface area contributed by atoms with Crippen molar-refractivity contribution in [2.75, 3.05) is 45.8 Å². The summed E-state index contributed by atoms with van der Waals surface area (Å²) in [5, 5.41) is 13.9. The summed E-state index contributed by atoms with van der Waals surface area (Å²) in [7, 11) is 0. The topological polar surface area (TPSA) is 51.1 Å². The predicted octanol–water partition coefficient (Wildman–Crippen LogP) is 1.92. The molecule has 2 heterocycles. The van der Waals surface area contributed by atoms with Gasteiger partial charge in [0.2, 0.25) is 0 Å². The second-order valence-corrected chi connectivity index (χ2v) is 7.21. The molecule has 0 amide bonds. The average molecular weight is 325 g/mol. The molecule has 134 valence electrons. The van der Waals surface area contributed by atoms with E-state index in [1.54, 1.807) is 0 Å². The molecule has 1 atom stereocenters. The molecule has 5 heteroatoms. The lowest BCUT2D eigenvalue weighted by Crippen LogP contribution is -2.42. The number of aliphatic hydroxyl groups is 1. The SMILES string of the molecule is CCNC(=NCC(O)(CC)CC)N1CCC(CN2CCCC2)C1. The maximum atomic E-state index is 10.5. The van der Waals surface area contributed by atoms with Gasteiger partial charge in [-0.2, -0.15) is 0 Å². The molecule has 23 heavy (non-hydrogen) atoms. The van der Waals surface area contributed by atoms with Crippen LogP contribution in [0.4, 0.5) is 0 Å². The fraction of sp³-hybridized carbons (Fsp3) is 0.944. The summed E-state index contributed by atoms with van der Waals surface area (Å²) in [6.45, 7) is 13.5. The third-order valence-electron chi connectivity index (χ3n) is 5.47. The number of rotatable bonds is 7. The molecular formula is C18H36N4O. The Balaban J connectivity index is 1.90. The number of nitrogens with one attached hydrogen (secondary N) is 1. The molecule has 2 N–H and O–H groups in total. The summed E-state index contributed by atoms with van der Waals surface area (Å²) in [5.74, 6) is 1.74. The Morgan fingerprint density at radius 2 is 1.87 bits per heavy atom. The summed E-state index contributed by atoms with van der Waals surface area (Å²) in [5.41, 5.74) is -0.657. The summed E-state index contributed by atoms with van der Waals surface area (Å²) in [4.78, 5) is 9.74. The molecular weight excluding hydrogens is 288 g/mol. The molecule has 2 rings (SSSR count). The number of nitrogens with zero attached hydrogens (tertiary/aromatic N) is 3. The van der Waals surface area contributed by atoms with Gasteiger partial charge in [-0.15, -0.1) is 0 Å². The third-order valence-corrected chi connectivity index (χ3v) is 5.47. The van der Waals surface area contributed by atoms with Crippen LogP contribution in [0.1, 0.15) is 52.9 Å². The number of hydrogen-bond acceptors (Lipinski definition) is 3. The standard InChI is InChI=1S/C18H36N4O/c1-4-18(23,5-2)15-20-17(19-6-3)22-12-9-16(14-22)13-21-10-7-8-11-21/h16,23H,4-15H2,1-3H3,(H,19,20). The van der Waals surface area contributed by atoms with Gasteiger partial charge in [0.25, 0.3) is 0 Å². The second-order valence-electron chi connectivity index (χ2n) is 7.21. The Morgan fingerprint density at radius 1 is 1.17 bits per heavy atom. The summed E-state index contributed by atoms with van der Waals surface area (Å²) in [6.07, 6.45) is 5.50. The van der Waals surface area contributed by atoms with Gasteiger partial charge < -0.3 is 20.2 Å². The van der Waals surface area contributed by atoms with E-state index >= 15 is 0 Å². The zero-order valence-electron chi connectivity index (χ0n) is 15.4. The van der Waals surface area contributed by atoms with Crippen molar-refractivity contribution in [1.82, 2.24) is 15.1 Å².